The van der Waals surface area contributed by atoms with E-state index >= 15 is 0 Å². The molecule has 9 nitrogen and oxygen atoms in total. The molecule has 0 bridgehead atoms. The molecule has 1 saturated heterocycles. The summed E-state index contributed by atoms with van der Waals surface area (Å²) < 4.78 is 16.9. The van der Waals surface area contributed by atoms with Crippen LogP contribution in [-0.4, -0.2) is 57.3 Å². The lowest BCUT2D eigenvalue weighted by Crippen LogP contribution is -2.60. The number of rotatable bonds is 4. The minimum Gasteiger partial charge on any atom is -0.478 e. The highest BCUT2D eigenvalue weighted by Gasteiger charge is 2.59. The summed E-state index contributed by atoms with van der Waals surface area (Å²) in [5.41, 5.74) is -1.38. The number of aliphatic hydroxyl groups excluding tert-OH is 1. The third kappa shape index (κ3) is 4.05. The van der Waals surface area contributed by atoms with E-state index in [4.69, 9.17) is 19.3 Å². The fourth-order valence-corrected chi connectivity index (χ4v) is 4.22. The zero-order chi connectivity index (χ0) is 23.8. The third-order valence-corrected chi connectivity index (χ3v) is 5.82. The van der Waals surface area contributed by atoms with Gasteiger partial charge >= 0.3 is 11.9 Å². The van der Waals surface area contributed by atoms with Gasteiger partial charge in [0.1, 0.15) is 6.10 Å². The van der Waals surface area contributed by atoms with E-state index in [1.165, 1.54) is 19.1 Å². The zero-order valence-corrected chi connectivity index (χ0v) is 18.3. The molecular weight excluding hydrogens is 420 g/mol. The summed E-state index contributed by atoms with van der Waals surface area (Å²) in [6.07, 6.45) is 5.95. The van der Waals surface area contributed by atoms with Crippen molar-refractivity contribution in [2.75, 3.05) is 0 Å². The van der Waals surface area contributed by atoms with Crippen molar-refractivity contribution >= 4 is 23.5 Å². The first-order valence-corrected chi connectivity index (χ1v) is 10.2. The number of aliphatic carboxylic acids is 1. The summed E-state index contributed by atoms with van der Waals surface area (Å²) in [4.78, 5) is 48.6. The van der Waals surface area contributed by atoms with Crippen LogP contribution in [0.2, 0.25) is 0 Å². The van der Waals surface area contributed by atoms with Crippen molar-refractivity contribution < 1.29 is 43.6 Å². The van der Waals surface area contributed by atoms with Gasteiger partial charge in [0.05, 0.1) is 23.9 Å². The molecule has 1 aliphatic carbocycles. The Kier molecular flexibility index (Phi) is 6.26. The number of carboxylic acids is 1. The molecule has 172 valence electrons. The summed E-state index contributed by atoms with van der Waals surface area (Å²) >= 11 is 0. The Morgan fingerprint density at radius 1 is 1.25 bits per heavy atom. The van der Waals surface area contributed by atoms with Gasteiger partial charge in [-0.25, -0.2) is 4.79 Å². The van der Waals surface area contributed by atoms with Gasteiger partial charge in [0.25, 0.3) is 0 Å². The minimum absolute atomic E-state index is 0.0162. The normalized spacial score (nSPS) is 35.2. The van der Waals surface area contributed by atoms with Gasteiger partial charge in [0, 0.05) is 13.0 Å². The van der Waals surface area contributed by atoms with Gasteiger partial charge in [0.2, 0.25) is 23.0 Å². The Hall–Kier alpha value is -3.04. The van der Waals surface area contributed by atoms with Gasteiger partial charge in [-0.15, -0.1) is 0 Å². The van der Waals surface area contributed by atoms with Gasteiger partial charge in [-0.05, 0) is 50.8 Å². The molecule has 0 radical (unpaired) electrons. The lowest BCUT2D eigenvalue weighted by Gasteiger charge is -2.50. The molecular formula is C23H26O9. The molecule has 2 N–H and O–H groups in total. The van der Waals surface area contributed by atoms with Crippen molar-refractivity contribution in [2.24, 2.45) is 5.92 Å². The van der Waals surface area contributed by atoms with Crippen LogP contribution in [0.4, 0.5) is 0 Å². The molecule has 0 aromatic heterocycles. The molecule has 5 atom stereocenters. The zero-order valence-electron chi connectivity index (χ0n) is 18.3. The van der Waals surface area contributed by atoms with E-state index in [0.29, 0.717) is 18.4 Å². The Morgan fingerprint density at radius 3 is 2.56 bits per heavy atom. The number of hydrogen-bond acceptors (Lipinski definition) is 8. The molecule has 1 fully saturated rings. The molecule has 9 heteroatoms. The van der Waals surface area contributed by atoms with Crippen LogP contribution in [0.1, 0.15) is 40.5 Å². The van der Waals surface area contributed by atoms with Crippen LogP contribution in [0.25, 0.3) is 0 Å². The second kappa shape index (κ2) is 8.48. The van der Waals surface area contributed by atoms with Crippen LogP contribution < -0.4 is 0 Å². The number of ether oxygens (including phenoxy) is 3. The SMILES string of the molecule is CC(=O)O[C@@]1(C)C(=O)C=C2C(=CO[C@@]3(O[C@H](C)CC[C@H]3O)[C@@H]2/C=C/C(C)=C/C(=O)O)C1=O. The van der Waals surface area contributed by atoms with Crippen LogP contribution in [0.3, 0.4) is 0 Å². The van der Waals surface area contributed by atoms with Crippen molar-refractivity contribution in [1.29, 1.82) is 0 Å². The van der Waals surface area contributed by atoms with Gasteiger partial charge in [-0.2, -0.15) is 0 Å². The van der Waals surface area contributed by atoms with Gasteiger partial charge < -0.3 is 24.4 Å². The fourth-order valence-electron chi connectivity index (χ4n) is 4.22. The van der Waals surface area contributed by atoms with E-state index < -0.39 is 46.9 Å². The monoisotopic (exact) mass is 446 g/mol. The standard InChI is InChI=1S/C23H26O9/c1-12(9-20(27)28)5-7-17-15-10-19(26)22(4,32-14(3)24)21(29)16(15)11-30-23(17)18(25)8-6-13(2)31-23/h5,7,9-11,13,17-18,25H,6,8H2,1-4H3,(H,27,28)/b7-5+,12-9+/t13-,17-,18-,22+,23-/m1/s1. The maximum atomic E-state index is 13.2. The maximum absolute atomic E-state index is 13.2. The molecule has 0 aromatic rings. The van der Waals surface area contributed by atoms with Gasteiger partial charge in [0.15, 0.2) is 0 Å². The van der Waals surface area contributed by atoms with Crippen LogP contribution >= 0.6 is 0 Å². The molecule has 0 amide bonds. The first-order valence-electron chi connectivity index (χ1n) is 10.2. The predicted octanol–water partition coefficient (Wildman–Crippen LogP) is 1.76. The summed E-state index contributed by atoms with van der Waals surface area (Å²) in [5.74, 6) is -5.92. The number of carbonyl (C=O) groups is 4. The smallest absolute Gasteiger partial charge is 0.328 e. The van der Waals surface area contributed by atoms with E-state index in [2.05, 4.69) is 0 Å². The average Bonchev–Trinajstić information content (AvgIpc) is 2.68. The number of carboxylic acid groups (broad SMARTS) is 1. The number of aliphatic hydroxyl groups is 1. The fraction of sp³-hybridized carbons (Fsp3) is 0.478. The lowest BCUT2D eigenvalue weighted by molar-refractivity contribution is -0.314. The largest absolute Gasteiger partial charge is 0.478 e. The number of allylic oxidation sites excluding steroid dienone is 2. The molecule has 2 aliphatic heterocycles. The average molecular weight is 446 g/mol. The molecule has 0 saturated carbocycles. The van der Waals surface area contributed by atoms with Crippen LogP contribution in [0.5, 0.6) is 0 Å². The van der Waals surface area contributed by atoms with Gasteiger partial charge in [-0.1, -0.05) is 12.2 Å². The summed E-state index contributed by atoms with van der Waals surface area (Å²) in [6, 6.07) is 0. The van der Waals surface area contributed by atoms with Crippen molar-refractivity contribution in [3.05, 3.63) is 47.3 Å². The first kappa shape index (κ1) is 23.6. The van der Waals surface area contributed by atoms with Gasteiger partial charge in [-0.3, -0.25) is 14.4 Å². The quantitative estimate of drug-likeness (QED) is 0.286. The predicted molar refractivity (Wildman–Crippen MR) is 110 cm³/mol. The summed E-state index contributed by atoms with van der Waals surface area (Å²) in [5, 5.41) is 19.8. The first-order chi connectivity index (χ1) is 14.9. The van der Waals surface area contributed by atoms with Crippen LogP contribution in [0, 0.1) is 5.92 Å². The van der Waals surface area contributed by atoms with Crippen LogP contribution in [0.15, 0.2) is 47.3 Å². The molecule has 0 aromatic carbocycles. The van der Waals surface area contributed by atoms with Crippen molar-refractivity contribution in [1.82, 2.24) is 0 Å². The van der Waals surface area contributed by atoms with Crippen molar-refractivity contribution in [3.63, 3.8) is 0 Å². The highest BCUT2D eigenvalue weighted by Crippen LogP contribution is 2.48. The van der Waals surface area contributed by atoms with E-state index in [1.807, 2.05) is 6.92 Å². The molecule has 0 unspecified atom stereocenters. The van der Waals surface area contributed by atoms with E-state index in [-0.39, 0.29) is 17.3 Å². The van der Waals surface area contributed by atoms with E-state index in [0.717, 1.165) is 19.3 Å². The Bertz CT molecular complexity index is 985. The molecule has 3 aliphatic rings. The second-order valence-electron chi connectivity index (χ2n) is 8.38. The molecule has 1 spiro atoms. The maximum Gasteiger partial charge on any atom is 0.328 e. The van der Waals surface area contributed by atoms with Crippen molar-refractivity contribution in [3.8, 4) is 0 Å². The number of fused-ring (bicyclic) bond motifs is 1. The Balaban J connectivity index is 2.14. The summed E-state index contributed by atoms with van der Waals surface area (Å²) in [6.45, 7) is 5.70. The van der Waals surface area contributed by atoms with E-state index in [1.54, 1.807) is 13.0 Å². The second-order valence-corrected chi connectivity index (χ2v) is 8.38. The van der Waals surface area contributed by atoms with E-state index in [9.17, 15) is 24.3 Å². The molecule has 3 rings (SSSR count). The number of esters is 1. The molecule has 32 heavy (non-hydrogen) atoms. The number of hydrogen-bond donors (Lipinski definition) is 2. The highest BCUT2D eigenvalue weighted by atomic mass is 16.7. The number of Topliss-reactive ketones (excluding diaryl/α,β-unsaturated/α-hetero) is 1. The third-order valence-electron chi connectivity index (χ3n) is 5.82. The summed E-state index contributed by atoms with van der Waals surface area (Å²) in [7, 11) is 0. The molecule has 2 heterocycles. The Morgan fingerprint density at radius 2 is 1.94 bits per heavy atom. The highest BCUT2D eigenvalue weighted by molar-refractivity contribution is 6.26. The lowest BCUT2D eigenvalue weighted by atomic mass is 9.71. The minimum atomic E-state index is -2.03. The van der Waals surface area contributed by atoms with Crippen molar-refractivity contribution in [2.45, 2.75) is 64.1 Å². The van der Waals surface area contributed by atoms with Crippen LogP contribution in [-0.2, 0) is 33.4 Å². The Labute approximate surface area is 185 Å². The number of carbonyl (C=O) groups excluding carboxylic acids is 3. The topological polar surface area (TPSA) is 136 Å². The number of ketones is 2.